The van der Waals surface area contributed by atoms with Crippen LogP contribution in [-0.4, -0.2) is 55.0 Å². The summed E-state index contributed by atoms with van der Waals surface area (Å²) in [5, 5.41) is 2.59. The van der Waals surface area contributed by atoms with Crippen LogP contribution in [0.25, 0.3) is 11.0 Å². The van der Waals surface area contributed by atoms with Crippen LogP contribution in [-0.2, 0) is 10.0 Å². The van der Waals surface area contributed by atoms with Crippen molar-refractivity contribution in [3.05, 3.63) is 30.1 Å². The third-order valence-electron chi connectivity index (χ3n) is 2.88. The Morgan fingerprint density at radius 2 is 2.15 bits per heavy atom. The van der Waals surface area contributed by atoms with Crippen molar-refractivity contribution >= 4 is 27.0 Å². The predicted octanol–water partition coefficient (Wildman–Crippen LogP) is 0.184. The Kier molecular flexibility index (Phi) is 4.05. The summed E-state index contributed by atoms with van der Waals surface area (Å²) in [5.41, 5.74) is 2.00. The highest BCUT2D eigenvalue weighted by atomic mass is 32.2. The summed E-state index contributed by atoms with van der Waals surface area (Å²) in [6, 6.07) is 5.06. The topological polar surface area (TPSA) is 95.2 Å². The van der Waals surface area contributed by atoms with Gasteiger partial charge in [-0.15, -0.1) is 0 Å². The van der Waals surface area contributed by atoms with Gasteiger partial charge in [0.1, 0.15) is 0 Å². The van der Waals surface area contributed by atoms with Gasteiger partial charge in [-0.05, 0) is 18.2 Å². The molecule has 0 saturated heterocycles. The van der Waals surface area contributed by atoms with Gasteiger partial charge >= 0.3 is 0 Å². The largest absolute Gasteiger partial charge is 0.351 e. The summed E-state index contributed by atoms with van der Waals surface area (Å²) in [7, 11) is -0.376. The Morgan fingerprint density at radius 3 is 2.85 bits per heavy atom. The lowest BCUT2D eigenvalue weighted by Gasteiger charge is -2.11. The number of hydrogen-bond acceptors (Lipinski definition) is 4. The summed E-state index contributed by atoms with van der Waals surface area (Å²) in [4.78, 5) is 18.9. The molecule has 0 aliphatic rings. The summed E-state index contributed by atoms with van der Waals surface area (Å²) in [6.07, 6.45) is 1.55. The van der Waals surface area contributed by atoms with Crippen molar-refractivity contribution in [3.63, 3.8) is 0 Å². The highest BCUT2D eigenvalue weighted by Crippen LogP contribution is 2.11. The van der Waals surface area contributed by atoms with E-state index in [0.717, 1.165) is 15.3 Å². The van der Waals surface area contributed by atoms with Gasteiger partial charge in [0, 0.05) is 26.2 Å². The minimum Gasteiger partial charge on any atom is -0.351 e. The van der Waals surface area contributed by atoms with Crippen LogP contribution in [0.1, 0.15) is 10.4 Å². The number of aromatic amines is 1. The first kappa shape index (κ1) is 14.5. The lowest BCUT2D eigenvalue weighted by molar-refractivity contribution is 0.0956. The Bertz CT molecular complexity index is 721. The van der Waals surface area contributed by atoms with Crippen LogP contribution in [0.5, 0.6) is 0 Å². The molecule has 1 aromatic carbocycles. The SMILES string of the molecule is CN(C)S(=O)(=O)CCNC(=O)c1ccc2nc[nH]c2c1. The quantitative estimate of drug-likeness (QED) is 0.823. The van der Waals surface area contributed by atoms with E-state index < -0.39 is 10.0 Å². The first-order valence-corrected chi connectivity index (χ1v) is 7.62. The molecule has 20 heavy (non-hydrogen) atoms. The molecule has 0 aliphatic heterocycles. The molecule has 1 aromatic heterocycles. The van der Waals surface area contributed by atoms with E-state index in [9.17, 15) is 13.2 Å². The molecule has 8 heteroatoms. The second-order valence-corrected chi connectivity index (χ2v) is 6.79. The second-order valence-electron chi connectivity index (χ2n) is 4.49. The van der Waals surface area contributed by atoms with Gasteiger partial charge in [-0.1, -0.05) is 0 Å². The number of fused-ring (bicyclic) bond motifs is 1. The van der Waals surface area contributed by atoms with Crippen molar-refractivity contribution in [2.75, 3.05) is 26.4 Å². The minimum absolute atomic E-state index is 0.0698. The fourth-order valence-corrected chi connectivity index (χ4v) is 2.38. The van der Waals surface area contributed by atoms with Crippen LogP contribution in [0.4, 0.5) is 0 Å². The van der Waals surface area contributed by atoms with Gasteiger partial charge in [0.25, 0.3) is 5.91 Å². The number of nitrogens with one attached hydrogen (secondary N) is 2. The molecule has 7 nitrogen and oxygen atoms in total. The van der Waals surface area contributed by atoms with Crippen LogP contribution in [0.3, 0.4) is 0 Å². The predicted molar refractivity (Wildman–Crippen MR) is 75.9 cm³/mol. The highest BCUT2D eigenvalue weighted by Gasteiger charge is 2.14. The molecule has 2 rings (SSSR count). The number of amides is 1. The maximum atomic E-state index is 11.9. The van der Waals surface area contributed by atoms with Crippen LogP contribution in [0, 0.1) is 0 Å². The van der Waals surface area contributed by atoms with Crippen molar-refractivity contribution in [1.82, 2.24) is 19.6 Å². The van der Waals surface area contributed by atoms with E-state index in [4.69, 9.17) is 0 Å². The van der Waals surface area contributed by atoms with Crippen molar-refractivity contribution in [1.29, 1.82) is 0 Å². The van der Waals surface area contributed by atoms with Crippen molar-refractivity contribution in [3.8, 4) is 0 Å². The maximum absolute atomic E-state index is 11.9. The number of rotatable bonds is 5. The van der Waals surface area contributed by atoms with Crippen LogP contribution >= 0.6 is 0 Å². The van der Waals surface area contributed by atoms with Crippen molar-refractivity contribution in [2.24, 2.45) is 0 Å². The lowest BCUT2D eigenvalue weighted by atomic mass is 10.2. The first-order chi connectivity index (χ1) is 9.40. The molecule has 108 valence electrons. The molecular formula is C12H16N4O3S. The van der Waals surface area contributed by atoms with E-state index in [2.05, 4.69) is 15.3 Å². The van der Waals surface area contributed by atoms with E-state index in [0.29, 0.717) is 5.56 Å². The van der Waals surface area contributed by atoms with E-state index in [1.165, 1.54) is 14.1 Å². The molecule has 2 N–H and O–H groups in total. The summed E-state index contributed by atoms with van der Waals surface area (Å²) < 4.78 is 24.2. The summed E-state index contributed by atoms with van der Waals surface area (Å²) in [5.74, 6) is -0.437. The smallest absolute Gasteiger partial charge is 0.251 e. The third-order valence-corrected chi connectivity index (χ3v) is 4.72. The van der Waals surface area contributed by atoms with Gasteiger partial charge in [-0.3, -0.25) is 4.79 Å². The number of carbonyl (C=O) groups is 1. The number of H-pyrrole nitrogens is 1. The molecule has 0 aliphatic carbocycles. The van der Waals surface area contributed by atoms with E-state index in [1.807, 2.05) is 0 Å². The molecule has 1 heterocycles. The monoisotopic (exact) mass is 296 g/mol. The molecule has 0 bridgehead atoms. The van der Waals surface area contributed by atoms with E-state index >= 15 is 0 Å². The lowest BCUT2D eigenvalue weighted by Crippen LogP contribution is -2.33. The fourth-order valence-electron chi connectivity index (χ4n) is 1.66. The number of benzene rings is 1. The molecule has 0 unspecified atom stereocenters. The van der Waals surface area contributed by atoms with Gasteiger partial charge in [0.2, 0.25) is 10.0 Å². The Hall–Kier alpha value is -1.93. The number of imidazole rings is 1. The van der Waals surface area contributed by atoms with Gasteiger partial charge in [0.15, 0.2) is 0 Å². The molecule has 0 spiro atoms. The zero-order valence-corrected chi connectivity index (χ0v) is 12.1. The standard InChI is InChI=1S/C12H16N4O3S/c1-16(2)20(18,19)6-5-13-12(17)9-3-4-10-11(7-9)15-8-14-10/h3-4,7-8H,5-6H2,1-2H3,(H,13,17)(H,14,15). The molecule has 0 saturated carbocycles. The Balaban J connectivity index is 1.98. The third kappa shape index (κ3) is 3.14. The molecule has 2 aromatic rings. The van der Waals surface area contributed by atoms with Crippen molar-refractivity contribution in [2.45, 2.75) is 0 Å². The van der Waals surface area contributed by atoms with E-state index in [1.54, 1.807) is 24.5 Å². The molecule has 0 radical (unpaired) electrons. The van der Waals surface area contributed by atoms with Crippen molar-refractivity contribution < 1.29 is 13.2 Å². The summed E-state index contributed by atoms with van der Waals surface area (Å²) >= 11 is 0. The fraction of sp³-hybridized carbons (Fsp3) is 0.333. The van der Waals surface area contributed by atoms with Gasteiger partial charge in [-0.25, -0.2) is 17.7 Å². The number of sulfonamides is 1. The summed E-state index contributed by atoms with van der Waals surface area (Å²) in [6.45, 7) is 0.0698. The van der Waals surface area contributed by atoms with Gasteiger partial charge in [0.05, 0.1) is 23.1 Å². The molecular weight excluding hydrogens is 280 g/mol. The van der Waals surface area contributed by atoms with Crippen LogP contribution in [0.2, 0.25) is 0 Å². The van der Waals surface area contributed by atoms with Gasteiger partial charge < -0.3 is 10.3 Å². The second kappa shape index (κ2) is 5.59. The normalized spacial score (nSPS) is 11.9. The number of aromatic nitrogens is 2. The van der Waals surface area contributed by atoms with Gasteiger partial charge in [-0.2, -0.15) is 0 Å². The minimum atomic E-state index is -3.30. The maximum Gasteiger partial charge on any atom is 0.251 e. The zero-order chi connectivity index (χ0) is 14.8. The molecule has 0 atom stereocenters. The average Bonchev–Trinajstić information content (AvgIpc) is 2.85. The average molecular weight is 296 g/mol. The zero-order valence-electron chi connectivity index (χ0n) is 11.3. The van der Waals surface area contributed by atoms with Crippen LogP contribution < -0.4 is 5.32 Å². The number of hydrogen-bond donors (Lipinski definition) is 2. The first-order valence-electron chi connectivity index (χ1n) is 6.02. The van der Waals surface area contributed by atoms with Crippen LogP contribution in [0.15, 0.2) is 24.5 Å². The van der Waals surface area contributed by atoms with E-state index in [-0.39, 0.29) is 18.2 Å². The molecule has 0 fully saturated rings. The Morgan fingerprint density at radius 1 is 1.40 bits per heavy atom. The number of carbonyl (C=O) groups excluding carboxylic acids is 1. The number of nitrogens with zero attached hydrogens (tertiary/aromatic N) is 2. The Labute approximate surface area is 117 Å². The molecule has 1 amide bonds. The highest BCUT2D eigenvalue weighted by molar-refractivity contribution is 7.89.